The molecule has 0 fully saturated rings. The average molecular weight is 318 g/mol. The second kappa shape index (κ2) is 6.51. The van der Waals surface area contributed by atoms with Crippen LogP contribution in [-0.2, 0) is 12.2 Å². The lowest BCUT2D eigenvalue weighted by Crippen LogP contribution is -2.49. The SMILES string of the molecule is CCC(CC)(CCl)NC(=O)c1cc2c(s1)CCSC2. The number of rotatable bonds is 5. The maximum atomic E-state index is 12.4. The van der Waals surface area contributed by atoms with E-state index in [1.54, 1.807) is 11.3 Å². The molecule has 0 atom stereocenters. The third-order valence-corrected chi connectivity index (χ3v) is 6.59. The molecule has 1 aromatic rings. The van der Waals surface area contributed by atoms with E-state index < -0.39 is 0 Å². The minimum absolute atomic E-state index is 0.0359. The third kappa shape index (κ3) is 3.29. The Balaban J connectivity index is 2.13. The van der Waals surface area contributed by atoms with Crippen molar-refractivity contribution in [2.24, 2.45) is 0 Å². The Hall–Kier alpha value is -0.190. The first-order valence-electron chi connectivity index (χ1n) is 6.72. The second-order valence-corrected chi connectivity index (χ2v) is 7.45. The van der Waals surface area contributed by atoms with Gasteiger partial charge >= 0.3 is 0 Å². The number of thiophene rings is 1. The zero-order valence-electron chi connectivity index (χ0n) is 11.4. The Morgan fingerprint density at radius 2 is 2.21 bits per heavy atom. The van der Waals surface area contributed by atoms with E-state index >= 15 is 0 Å². The summed E-state index contributed by atoms with van der Waals surface area (Å²) in [7, 11) is 0. The molecule has 1 amide bonds. The Bertz CT molecular complexity index is 423. The number of carbonyl (C=O) groups excluding carboxylic acids is 1. The van der Waals surface area contributed by atoms with E-state index in [9.17, 15) is 4.79 Å². The van der Waals surface area contributed by atoms with Crippen LogP contribution in [0.3, 0.4) is 0 Å². The van der Waals surface area contributed by atoms with E-state index in [1.165, 1.54) is 16.2 Å². The smallest absolute Gasteiger partial charge is 0.261 e. The summed E-state index contributed by atoms with van der Waals surface area (Å²) in [6, 6.07) is 2.06. The van der Waals surface area contributed by atoms with Gasteiger partial charge in [-0.25, -0.2) is 0 Å². The van der Waals surface area contributed by atoms with Gasteiger partial charge in [0.1, 0.15) is 0 Å². The van der Waals surface area contributed by atoms with Crippen LogP contribution in [0.4, 0.5) is 0 Å². The molecule has 0 spiro atoms. The molecule has 106 valence electrons. The molecule has 5 heteroatoms. The van der Waals surface area contributed by atoms with Crippen molar-refractivity contribution in [2.75, 3.05) is 11.6 Å². The second-order valence-electron chi connectivity index (χ2n) is 4.94. The number of alkyl halides is 1. The van der Waals surface area contributed by atoms with Crippen LogP contribution in [0.1, 0.15) is 46.8 Å². The zero-order chi connectivity index (χ0) is 13.9. The molecule has 1 aliphatic rings. The lowest BCUT2D eigenvalue weighted by molar-refractivity contribution is 0.0906. The van der Waals surface area contributed by atoms with Crippen molar-refractivity contribution >= 4 is 40.6 Å². The van der Waals surface area contributed by atoms with E-state index in [4.69, 9.17) is 11.6 Å². The summed E-state index contributed by atoms with van der Waals surface area (Å²) < 4.78 is 0. The van der Waals surface area contributed by atoms with Gasteiger partial charge in [0.05, 0.1) is 10.4 Å². The number of hydrogen-bond acceptors (Lipinski definition) is 3. The molecular weight excluding hydrogens is 298 g/mol. The first kappa shape index (κ1) is 15.2. The van der Waals surface area contributed by atoms with E-state index in [-0.39, 0.29) is 11.4 Å². The normalized spacial score (nSPS) is 15.1. The van der Waals surface area contributed by atoms with E-state index in [2.05, 4.69) is 25.2 Å². The minimum Gasteiger partial charge on any atom is -0.345 e. The third-order valence-electron chi connectivity index (χ3n) is 3.84. The van der Waals surface area contributed by atoms with Crippen LogP contribution in [-0.4, -0.2) is 23.1 Å². The summed E-state index contributed by atoms with van der Waals surface area (Å²) in [6.45, 7) is 4.14. The van der Waals surface area contributed by atoms with Crippen LogP contribution in [0, 0.1) is 0 Å². The number of carbonyl (C=O) groups is 1. The van der Waals surface area contributed by atoms with Crippen LogP contribution >= 0.6 is 34.7 Å². The van der Waals surface area contributed by atoms with Gasteiger partial charge in [-0.05, 0) is 36.6 Å². The van der Waals surface area contributed by atoms with Gasteiger partial charge < -0.3 is 5.32 Å². The fourth-order valence-electron chi connectivity index (χ4n) is 2.21. The summed E-state index contributed by atoms with van der Waals surface area (Å²) >= 11 is 9.63. The highest BCUT2D eigenvalue weighted by Crippen LogP contribution is 2.32. The first-order valence-corrected chi connectivity index (χ1v) is 9.22. The lowest BCUT2D eigenvalue weighted by Gasteiger charge is -2.30. The Morgan fingerprint density at radius 3 is 2.79 bits per heavy atom. The molecule has 2 nitrogen and oxygen atoms in total. The maximum Gasteiger partial charge on any atom is 0.261 e. The number of amides is 1. The first-order chi connectivity index (χ1) is 9.14. The van der Waals surface area contributed by atoms with Gasteiger partial charge in [-0.1, -0.05) is 13.8 Å². The number of nitrogens with one attached hydrogen (secondary N) is 1. The van der Waals surface area contributed by atoms with Crippen LogP contribution in [0.25, 0.3) is 0 Å². The maximum absolute atomic E-state index is 12.4. The zero-order valence-corrected chi connectivity index (χ0v) is 13.8. The predicted octanol–water partition coefficient (Wildman–Crippen LogP) is 4.06. The van der Waals surface area contributed by atoms with Crippen molar-refractivity contribution in [1.82, 2.24) is 5.32 Å². The quantitative estimate of drug-likeness (QED) is 0.830. The molecule has 0 aromatic carbocycles. The van der Waals surface area contributed by atoms with Crippen molar-refractivity contribution in [3.63, 3.8) is 0 Å². The molecule has 0 radical (unpaired) electrons. The highest BCUT2D eigenvalue weighted by atomic mass is 35.5. The number of fused-ring (bicyclic) bond motifs is 1. The molecule has 0 saturated heterocycles. The van der Waals surface area contributed by atoms with E-state index in [1.807, 2.05) is 11.8 Å². The highest BCUT2D eigenvalue weighted by Gasteiger charge is 2.28. The minimum atomic E-state index is -0.266. The molecule has 0 aliphatic carbocycles. The molecular formula is C14H20ClNOS2. The van der Waals surface area contributed by atoms with E-state index in [0.29, 0.717) is 5.88 Å². The summed E-state index contributed by atoms with van der Waals surface area (Å²) in [4.78, 5) is 14.6. The molecule has 2 rings (SSSR count). The molecule has 1 N–H and O–H groups in total. The van der Waals surface area contributed by atoms with Crippen molar-refractivity contribution in [3.8, 4) is 0 Å². The van der Waals surface area contributed by atoms with Crippen molar-refractivity contribution in [2.45, 2.75) is 44.4 Å². The average Bonchev–Trinajstić information content (AvgIpc) is 2.89. The molecule has 2 heterocycles. The molecule has 1 aliphatic heterocycles. The fourth-order valence-corrected chi connectivity index (χ4v) is 4.92. The number of halogens is 1. The summed E-state index contributed by atoms with van der Waals surface area (Å²) in [6.07, 6.45) is 2.82. The fraction of sp³-hybridized carbons (Fsp3) is 0.643. The molecule has 1 aromatic heterocycles. The van der Waals surface area contributed by atoms with Crippen LogP contribution in [0.5, 0.6) is 0 Å². The van der Waals surface area contributed by atoms with Gasteiger partial charge in [0.25, 0.3) is 5.91 Å². The monoisotopic (exact) mass is 317 g/mol. The van der Waals surface area contributed by atoms with Gasteiger partial charge in [-0.15, -0.1) is 22.9 Å². The van der Waals surface area contributed by atoms with Crippen molar-refractivity contribution in [3.05, 3.63) is 21.4 Å². The summed E-state index contributed by atoms with van der Waals surface area (Å²) in [5, 5.41) is 3.14. The summed E-state index contributed by atoms with van der Waals surface area (Å²) in [5.74, 6) is 2.71. The van der Waals surface area contributed by atoms with Gasteiger partial charge in [0.2, 0.25) is 0 Å². The van der Waals surface area contributed by atoms with Crippen molar-refractivity contribution < 1.29 is 4.79 Å². The van der Waals surface area contributed by atoms with Gasteiger partial charge in [0, 0.05) is 16.5 Å². The Labute approximate surface area is 128 Å². The number of thioether (sulfide) groups is 1. The highest BCUT2D eigenvalue weighted by molar-refractivity contribution is 7.98. The van der Waals surface area contributed by atoms with Crippen LogP contribution in [0.2, 0.25) is 0 Å². The van der Waals surface area contributed by atoms with Crippen LogP contribution < -0.4 is 5.32 Å². The predicted molar refractivity (Wildman–Crippen MR) is 85.7 cm³/mol. The lowest BCUT2D eigenvalue weighted by atomic mass is 9.95. The van der Waals surface area contributed by atoms with Gasteiger partial charge in [0.15, 0.2) is 0 Å². The Kier molecular flexibility index (Phi) is 5.21. The number of aryl methyl sites for hydroxylation is 1. The van der Waals surface area contributed by atoms with Gasteiger partial charge in [-0.3, -0.25) is 4.79 Å². The molecule has 19 heavy (non-hydrogen) atoms. The van der Waals surface area contributed by atoms with Gasteiger partial charge in [-0.2, -0.15) is 11.8 Å². The van der Waals surface area contributed by atoms with E-state index in [0.717, 1.165) is 29.9 Å². The Morgan fingerprint density at radius 1 is 1.47 bits per heavy atom. The number of hydrogen-bond donors (Lipinski definition) is 1. The molecule has 0 unspecified atom stereocenters. The summed E-state index contributed by atoms with van der Waals surface area (Å²) in [5.41, 5.74) is 1.08. The van der Waals surface area contributed by atoms with Crippen LogP contribution in [0.15, 0.2) is 6.07 Å². The largest absolute Gasteiger partial charge is 0.345 e. The molecule has 0 saturated carbocycles. The molecule has 0 bridgehead atoms. The van der Waals surface area contributed by atoms with Crippen molar-refractivity contribution in [1.29, 1.82) is 0 Å². The topological polar surface area (TPSA) is 29.1 Å². The standard InChI is InChI=1S/C14H20ClNOS2/c1-3-14(4-2,9-15)16-13(17)12-7-10-8-18-6-5-11(10)19-12/h7H,3-6,8-9H2,1-2H3,(H,16,17).